The number of anilines is 1. The van der Waals surface area contributed by atoms with Crippen molar-refractivity contribution in [1.29, 1.82) is 0 Å². The second kappa shape index (κ2) is 7.94. The molecule has 12 heteroatoms. The van der Waals surface area contributed by atoms with E-state index in [1.807, 2.05) is 22.9 Å². The topological polar surface area (TPSA) is 133 Å². The van der Waals surface area contributed by atoms with Crippen molar-refractivity contribution in [2.45, 2.75) is 17.3 Å². The fourth-order valence-electron chi connectivity index (χ4n) is 3.11. The Morgan fingerprint density at radius 1 is 1.23 bits per heavy atom. The smallest absolute Gasteiger partial charge is 0.332 e. The Kier molecular flexibility index (Phi) is 5.45. The molecule has 0 aliphatic carbocycles. The first-order valence-corrected chi connectivity index (χ1v) is 11.7. The Morgan fingerprint density at radius 2 is 1.97 bits per heavy atom. The quantitative estimate of drug-likeness (QED) is 0.256. The summed E-state index contributed by atoms with van der Waals surface area (Å²) >= 11 is 3.90. The fraction of sp³-hybridized carbons (Fsp3) is 0.211. The number of Topliss-reactive ketones (excluding diaryl/α,β-unsaturated/α-hetero) is 1. The number of thiophene rings is 2. The van der Waals surface area contributed by atoms with Crippen LogP contribution in [0.4, 0.5) is 5.82 Å². The minimum atomic E-state index is -0.773. The second-order valence-corrected chi connectivity index (χ2v) is 9.90. The number of H-pyrrole nitrogens is 1. The molecule has 0 fully saturated rings. The summed E-state index contributed by atoms with van der Waals surface area (Å²) in [7, 11) is 2.67. The van der Waals surface area contributed by atoms with Gasteiger partial charge in [0.05, 0.1) is 10.6 Å². The number of carbonyl (C=O) groups excluding carboxylic acids is 1. The highest BCUT2D eigenvalue weighted by atomic mass is 32.2. The van der Waals surface area contributed by atoms with Gasteiger partial charge >= 0.3 is 5.69 Å². The summed E-state index contributed by atoms with van der Waals surface area (Å²) in [4.78, 5) is 58.9. The number of rotatable bonds is 5. The predicted octanol–water partition coefficient (Wildman–Crippen LogP) is 2.06. The lowest BCUT2D eigenvalue weighted by molar-refractivity contribution is 0.0992. The maximum Gasteiger partial charge on any atom is 0.332 e. The van der Waals surface area contributed by atoms with Crippen LogP contribution in [0.2, 0.25) is 0 Å². The number of ketones is 1. The molecule has 4 rings (SSSR count). The summed E-state index contributed by atoms with van der Waals surface area (Å²) in [6.45, 7) is 1.59. The number of aromatic nitrogens is 4. The summed E-state index contributed by atoms with van der Waals surface area (Å²) in [6.07, 6.45) is 0. The number of nitrogens with zero attached hydrogens (tertiary/aromatic N) is 3. The molecule has 0 amide bonds. The van der Waals surface area contributed by atoms with Crippen LogP contribution in [0.1, 0.15) is 17.3 Å². The van der Waals surface area contributed by atoms with E-state index < -0.39 is 22.3 Å². The molecule has 4 aromatic rings. The fourth-order valence-corrected chi connectivity index (χ4v) is 5.79. The van der Waals surface area contributed by atoms with E-state index in [0.29, 0.717) is 10.2 Å². The highest BCUT2D eigenvalue weighted by Crippen LogP contribution is 2.34. The molecule has 4 aromatic heterocycles. The average molecular weight is 476 g/mol. The van der Waals surface area contributed by atoms with Gasteiger partial charge in [-0.15, -0.1) is 22.7 Å². The summed E-state index contributed by atoms with van der Waals surface area (Å²) in [5, 5.41) is 3.82. The first kappa shape index (κ1) is 21.3. The van der Waals surface area contributed by atoms with Crippen LogP contribution in [-0.2, 0) is 14.1 Å². The van der Waals surface area contributed by atoms with E-state index in [2.05, 4.69) is 9.97 Å². The van der Waals surface area contributed by atoms with Crippen LogP contribution >= 0.6 is 34.4 Å². The Bertz CT molecular complexity index is 1490. The van der Waals surface area contributed by atoms with Crippen LogP contribution in [0.3, 0.4) is 0 Å². The normalized spacial score (nSPS) is 12.4. The second-order valence-electron chi connectivity index (χ2n) is 6.77. The zero-order chi connectivity index (χ0) is 22.4. The van der Waals surface area contributed by atoms with Crippen molar-refractivity contribution in [1.82, 2.24) is 19.1 Å². The first-order valence-electron chi connectivity index (χ1n) is 9.02. The molecule has 0 aliphatic rings. The zero-order valence-electron chi connectivity index (χ0n) is 16.7. The largest absolute Gasteiger partial charge is 0.384 e. The van der Waals surface area contributed by atoms with Crippen LogP contribution in [0.5, 0.6) is 0 Å². The average Bonchev–Trinajstić information content (AvgIpc) is 3.40. The first-order chi connectivity index (χ1) is 14.7. The van der Waals surface area contributed by atoms with Gasteiger partial charge in [0, 0.05) is 29.9 Å². The van der Waals surface area contributed by atoms with Crippen molar-refractivity contribution < 1.29 is 4.79 Å². The van der Waals surface area contributed by atoms with Gasteiger partial charge in [0.2, 0.25) is 0 Å². The van der Waals surface area contributed by atoms with Gasteiger partial charge in [-0.3, -0.25) is 23.5 Å². The molecule has 0 spiro atoms. The van der Waals surface area contributed by atoms with Crippen LogP contribution < -0.4 is 22.5 Å². The third kappa shape index (κ3) is 3.56. The maximum absolute atomic E-state index is 13.0. The number of nitrogens with two attached hydrogens (primary N) is 1. The predicted molar refractivity (Wildman–Crippen MR) is 125 cm³/mol. The van der Waals surface area contributed by atoms with Crippen LogP contribution in [0.25, 0.3) is 20.7 Å². The maximum atomic E-state index is 13.0. The summed E-state index contributed by atoms with van der Waals surface area (Å²) in [5.41, 5.74) is 4.78. The van der Waals surface area contributed by atoms with E-state index in [4.69, 9.17) is 5.73 Å². The number of thioether (sulfide) groups is 1. The molecule has 0 aliphatic heterocycles. The van der Waals surface area contributed by atoms with E-state index in [0.717, 1.165) is 31.3 Å². The van der Waals surface area contributed by atoms with Gasteiger partial charge in [0.1, 0.15) is 16.2 Å². The molecule has 9 nitrogen and oxygen atoms in total. The molecule has 0 saturated carbocycles. The summed E-state index contributed by atoms with van der Waals surface area (Å²) in [6, 6.07) is 3.85. The van der Waals surface area contributed by atoms with Crippen molar-refractivity contribution in [2.24, 2.45) is 14.1 Å². The van der Waals surface area contributed by atoms with Gasteiger partial charge < -0.3 is 10.7 Å². The van der Waals surface area contributed by atoms with Gasteiger partial charge in [-0.1, -0.05) is 17.8 Å². The number of hydrogen-bond acceptors (Lipinski definition) is 9. The Hall–Kier alpha value is -2.96. The van der Waals surface area contributed by atoms with Crippen molar-refractivity contribution in [2.75, 3.05) is 5.73 Å². The van der Waals surface area contributed by atoms with Crippen molar-refractivity contribution in [3.05, 3.63) is 59.6 Å². The molecule has 0 aromatic carbocycles. The summed E-state index contributed by atoms with van der Waals surface area (Å²) in [5.74, 6) is -0.742. The van der Waals surface area contributed by atoms with E-state index in [-0.39, 0.29) is 22.1 Å². The van der Waals surface area contributed by atoms with Crippen molar-refractivity contribution >= 4 is 56.3 Å². The van der Waals surface area contributed by atoms with Crippen LogP contribution in [-0.4, -0.2) is 30.1 Å². The number of hydrogen-bond donors (Lipinski definition) is 2. The third-order valence-corrected chi connectivity index (χ3v) is 7.58. The van der Waals surface area contributed by atoms with E-state index in [1.165, 1.54) is 36.8 Å². The van der Waals surface area contributed by atoms with Gasteiger partial charge in [-0.05, 0) is 18.4 Å². The van der Waals surface area contributed by atoms with Gasteiger partial charge in [0.15, 0.2) is 10.9 Å². The lowest BCUT2D eigenvalue weighted by Gasteiger charge is -2.14. The lowest BCUT2D eigenvalue weighted by atomic mass is 10.1. The number of nitrogens with one attached hydrogen (secondary N) is 1. The van der Waals surface area contributed by atoms with Crippen LogP contribution in [0.15, 0.2) is 42.4 Å². The molecule has 160 valence electrons. The van der Waals surface area contributed by atoms with Crippen LogP contribution in [0, 0.1) is 0 Å². The Labute approximate surface area is 187 Å². The number of carbonyl (C=O) groups is 1. The van der Waals surface area contributed by atoms with Gasteiger partial charge in [0.25, 0.3) is 11.1 Å². The molecular formula is C19H17N5O4S3. The molecule has 0 unspecified atom stereocenters. The van der Waals surface area contributed by atoms with Gasteiger partial charge in [-0.25, -0.2) is 9.78 Å². The van der Waals surface area contributed by atoms with E-state index >= 15 is 0 Å². The summed E-state index contributed by atoms with van der Waals surface area (Å²) < 4.78 is 1.89. The SMILES string of the molecule is C[C@@H](Sc1nc2scc(-c3cccs3)c2c(=O)[nH]1)C(=O)c1c(N)n(C)c(=O)n(C)c1=O. The molecule has 0 bridgehead atoms. The molecule has 3 N–H and O–H groups in total. The number of fused-ring (bicyclic) bond motifs is 1. The molecule has 0 radical (unpaired) electrons. The molecule has 4 heterocycles. The van der Waals surface area contributed by atoms with Crippen molar-refractivity contribution in [3.8, 4) is 10.4 Å². The highest BCUT2D eigenvalue weighted by Gasteiger charge is 2.26. The number of nitrogen functional groups attached to an aromatic ring is 1. The minimum absolute atomic E-state index is 0.193. The molecule has 0 saturated heterocycles. The Balaban J connectivity index is 1.69. The van der Waals surface area contributed by atoms with E-state index in [1.54, 1.807) is 6.92 Å². The minimum Gasteiger partial charge on any atom is -0.384 e. The van der Waals surface area contributed by atoms with E-state index in [9.17, 15) is 19.2 Å². The highest BCUT2D eigenvalue weighted by molar-refractivity contribution is 8.00. The standard InChI is InChI=1S/C19H17N5O4S3/c1-8(13(25)12-14(20)23(2)19(28)24(3)17(12)27)31-18-21-15(26)11-9(7-30-16(11)22-18)10-5-4-6-29-10/h4-8H,20H2,1-3H3,(H,21,22,26)/t8-/m1/s1. The third-order valence-electron chi connectivity index (χ3n) is 4.82. The monoisotopic (exact) mass is 475 g/mol. The number of aromatic amines is 1. The molecular weight excluding hydrogens is 458 g/mol. The van der Waals surface area contributed by atoms with Gasteiger partial charge in [-0.2, -0.15) is 0 Å². The zero-order valence-corrected chi connectivity index (χ0v) is 19.1. The van der Waals surface area contributed by atoms with Crippen molar-refractivity contribution in [3.63, 3.8) is 0 Å². The molecule has 1 atom stereocenters. The Morgan fingerprint density at radius 3 is 2.65 bits per heavy atom. The lowest BCUT2D eigenvalue weighted by Crippen LogP contribution is -2.42. The molecule has 31 heavy (non-hydrogen) atoms.